The standard InChI is InChI=1S/C15H20N4O/c1-12-5-4-6-14(17-12)19-7-8-20-15(2,11-19)13-9-16-18(3)10-13/h4-6,9-10H,7-8,11H2,1-3H3/t15-/m1/s1. The van der Waals surface area contributed by atoms with E-state index in [2.05, 4.69) is 34.0 Å². The Labute approximate surface area is 119 Å². The smallest absolute Gasteiger partial charge is 0.128 e. The molecule has 106 valence electrons. The van der Waals surface area contributed by atoms with Crippen LogP contribution in [0.3, 0.4) is 0 Å². The van der Waals surface area contributed by atoms with Gasteiger partial charge in [0.15, 0.2) is 0 Å². The fourth-order valence-electron chi connectivity index (χ4n) is 2.64. The van der Waals surface area contributed by atoms with Crippen molar-refractivity contribution in [2.24, 2.45) is 7.05 Å². The molecule has 0 amide bonds. The number of ether oxygens (including phenoxy) is 1. The zero-order chi connectivity index (χ0) is 14.2. The van der Waals surface area contributed by atoms with Gasteiger partial charge in [-0.1, -0.05) is 6.07 Å². The normalized spacial score (nSPS) is 23.1. The van der Waals surface area contributed by atoms with Crippen molar-refractivity contribution in [2.45, 2.75) is 19.4 Å². The van der Waals surface area contributed by atoms with Gasteiger partial charge in [-0.05, 0) is 26.0 Å². The van der Waals surface area contributed by atoms with E-state index in [1.165, 1.54) is 0 Å². The highest BCUT2D eigenvalue weighted by Gasteiger charge is 2.35. The lowest BCUT2D eigenvalue weighted by molar-refractivity contribution is -0.0468. The quantitative estimate of drug-likeness (QED) is 0.837. The molecule has 0 aromatic carbocycles. The van der Waals surface area contributed by atoms with Crippen LogP contribution in [0.2, 0.25) is 0 Å². The number of anilines is 1. The monoisotopic (exact) mass is 272 g/mol. The predicted octanol–water partition coefficient (Wildman–Crippen LogP) is 1.88. The van der Waals surface area contributed by atoms with Crippen LogP contribution in [0, 0.1) is 6.92 Å². The Bertz CT molecular complexity index is 609. The summed E-state index contributed by atoms with van der Waals surface area (Å²) in [4.78, 5) is 6.89. The fraction of sp³-hybridized carbons (Fsp3) is 0.467. The number of pyridine rings is 1. The van der Waals surface area contributed by atoms with Crippen molar-refractivity contribution in [3.05, 3.63) is 41.9 Å². The summed E-state index contributed by atoms with van der Waals surface area (Å²) in [5.41, 5.74) is 1.81. The zero-order valence-corrected chi connectivity index (χ0v) is 12.2. The topological polar surface area (TPSA) is 43.2 Å². The molecule has 3 heterocycles. The van der Waals surface area contributed by atoms with Crippen LogP contribution in [0.25, 0.3) is 0 Å². The Balaban J connectivity index is 1.86. The zero-order valence-electron chi connectivity index (χ0n) is 12.2. The van der Waals surface area contributed by atoms with Gasteiger partial charge < -0.3 is 9.64 Å². The third kappa shape index (κ3) is 2.41. The predicted molar refractivity (Wildman–Crippen MR) is 77.7 cm³/mol. The van der Waals surface area contributed by atoms with E-state index in [1.807, 2.05) is 37.1 Å². The number of nitrogens with zero attached hydrogens (tertiary/aromatic N) is 4. The van der Waals surface area contributed by atoms with Gasteiger partial charge in [0.25, 0.3) is 0 Å². The average molecular weight is 272 g/mol. The molecule has 20 heavy (non-hydrogen) atoms. The van der Waals surface area contributed by atoms with Gasteiger partial charge in [0.05, 0.1) is 19.3 Å². The summed E-state index contributed by atoms with van der Waals surface area (Å²) in [6.07, 6.45) is 3.90. The number of rotatable bonds is 2. The van der Waals surface area contributed by atoms with E-state index in [0.29, 0.717) is 6.61 Å². The van der Waals surface area contributed by atoms with Crippen LogP contribution >= 0.6 is 0 Å². The van der Waals surface area contributed by atoms with Gasteiger partial charge in [-0.25, -0.2) is 4.98 Å². The first-order chi connectivity index (χ1) is 9.57. The van der Waals surface area contributed by atoms with Crippen LogP contribution in [-0.2, 0) is 17.4 Å². The Morgan fingerprint density at radius 2 is 2.20 bits per heavy atom. The first-order valence-electron chi connectivity index (χ1n) is 6.88. The Morgan fingerprint density at radius 3 is 2.90 bits per heavy atom. The number of hydrogen-bond donors (Lipinski definition) is 0. The molecule has 1 atom stereocenters. The molecular formula is C15H20N4O. The van der Waals surface area contributed by atoms with E-state index >= 15 is 0 Å². The molecule has 2 aromatic rings. The van der Waals surface area contributed by atoms with Crippen LogP contribution in [0.4, 0.5) is 5.82 Å². The van der Waals surface area contributed by atoms with Gasteiger partial charge in [-0.15, -0.1) is 0 Å². The summed E-state index contributed by atoms with van der Waals surface area (Å²) in [5.74, 6) is 1.02. The SMILES string of the molecule is Cc1cccc(N2CCO[C@@](C)(c3cnn(C)c3)C2)n1. The summed E-state index contributed by atoms with van der Waals surface area (Å²) in [5, 5.41) is 4.25. The summed E-state index contributed by atoms with van der Waals surface area (Å²) in [7, 11) is 1.93. The molecule has 0 spiro atoms. The van der Waals surface area contributed by atoms with E-state index in [-0.39, 0.29) is 5.60 Å². The third-order valence-electron chi connectivity index (χ3n) is 3.79. The van der Waals surface area contributed by atoms with E-state index < -0.39 is 0 Å². The first-order valence-corrected chi connectivity index (χ1v) is 6.88. The van der Waals surface area contributed by atoms with Gasteiger partial charge in [0, 0.05) is 31.0 Å². The van der Waals surface area contributed by atoms with Crippen molar-refractivity contribution < 1.29 is 4.74 Å². The summed E-state index contributed by atoms with van der Waals surface area (Å²) in [6.45, 7) is 6.48. The van der Waals surface area contributed by atoms with Crippen LogP contribution in [0.1, 0.15) is 18.2 Å². The molecule has 0 radical (unpaired) electrons. The molecule has 3 rings (SSSR count). The molecular weight excluding hydrogens is 252 g/mol. The minimum absolute atomic E-state index is 0.335. The van der Waals surface area contributed by atoms with Crippen LogP contribution in [0.15, 0.2) is 30.6 Å². The third-order valence-corrected chi connectivity index (χ3v) is 3.79. The van der Waals surface area contributed by atoms with Crippen molar-refractivity contribution in [3.8, 4) is 0 Å². The molecule has 0 saturated carbocycles. The highest BCUT2D eigenvalue weighted by Crippen LogP contribution is 2.30. The van der Waals surface area contributed by atoms with Crippen LogP contribution in [0.5, 0.6) is 0 Å². The van der Waals surface area contributed by atoms with E-state index in [1.54, 1.807) is 0 Å². The average Bonchev–Trinajstić information content (AvgIpc) is 2.86. The maximum Gasteiger partial charge on any atom is 0.128 e. The molecule has 0 unspecified atom stereocenters. The van der Waals surface area contributed by atoms with Crippen molar-refractivity contribution in [1.29, 1.82) is 0 Å². The lowest BCUT2D eigenvalue weighted by atomic mass is 9.97. The fourth-order valence-corrected chi connectivity index (χ4v) is 2.64. The second-order valence-corrected chi connectivity index (χ2v) is 5.54. The minimum Gasteiger partial charge on any atom is -0.367 e. The molecule has 5 heteroatoms. The number of aromatic nitrogens is 3. The maximum absolute atomic E-state index is 6.02. The van der Waals surface area contributed by atoms with Gasteiger partial charge >= 0.3 is 0 Å². The molecule has 5 nitrogen and oxygen atoms in total. The second-order valence-electron chi connectivity index (χ2n) is 5.54. The molecule has 0 bridgehead atoms. The van der Waals surface area contributed by atoms with Crippen LogP contribution < -0.4 is 4.90 Å². The lowest BCUT2D eigenvalue weighted by Crippen LogP contribution is -2.48. The minimum atomic E-state index is -0.335. The van der Waals surface area contributed by atoms with E-state index in [4.69, 9.17) is 4.74 Å². The molecule has 1 fully saturated rings. The van der Waals surface area contributed by atoms with Gasteiger partial charge in [-0.2, -0.15) is 5.10 Å². The number of aryl methyl sites for hydroxylation is 2. The maximum atomic E-state index is 6.02. The summed E-state index contributed by atoms with van der Waals surface area (Å²) >= 11 is 0. The highest BCUT2D eigenvalue weighted by molar-refractivity contribution is 5.41. The molecule has 1 aliphatic heterocycles. The summed E-state index contributed by atoms with van der Waals surface area (Å²) in [6, 6.07) is 6.13. The highest BCUT2D eigenvalue weighted by atomic mass is 16.5. The van der Waals surface area contributed by atoms with Crippen molar-refractivity contribution in [3.63, 3.8) is 0 Å². The van der Waals surface area contributed by atoms with Crippen molar-refractivity contribution in [2.75, 3.05) is 24.6 Å². The first kappa shape index (κ1) is 13.1. The Hall–Kier alpha value is -1.88. The Morgan fingerprint density at radius 1 is 1.35 bits per heavy atom. The van der Waals surface area contributed by atoms with E-state index in [0.717, 1.165) is 30.2 Å². The lowest BCUT2D eigenvalue weighted by Gasteiger charge is -2.40. The van der Waals surface area contributed by atoms with Crippen LogP contribution in [-0.4, -0.2) is 34.5 Å². The largest absolute Gasteiger partial charge is 0.367 e. The van der Waals surface area contributed by atoms with Gasteiger partial charge in [-0.3, -0.25) is 4.68 Å². The Kier molecular flexibility index (Phi) is 3.22. The van der Waals surface area contributed by atoms with Crippen molar-refractivity contribution >= 4 is 5.82 Å². The molecule has 0 N–H and O–H groups in total. The molecule has 1 saturated heterocycles. The molecule has 0 aliphatic carbocycles. The molecule has 1 aliphatic rings. The second kappa shape index (κ2) is 4.90. The number of morpholine rings is 1. The molecule has 2 aromatic heterocycles. The van der Waals surface area contributed by atoms with Crippen molar-refractivity contribution in [1.82, 2.24) is 14.8 Å². The van der Waals surface area contributed by atoms with Gasteiger partial charge in [0.1, 0.15) is 11.4 Å². The van der Waals surface area contributed by atoms with Gasteiger partial charge in [0.2, 0.25) is 0 Å². The van der Waals surface area contributed by atoms with E-state index in [9.17, 15) is 0 Å². The number of hydrogen-bond acceptors (Lipinski definition) is 4. The summed E-state index contributed by atoms with van der Waals surface area (Å²) < 4.78 is 7.84.